The third-order valence-corrected chi connectivity index (χ3v) is 3.03. The molecular formula is C12H11BrClN3. The highest BCUT2D eigenvalue weighted by molar-refractivity contribution is 9.10. The fourth-order valence-corrected chi connectivity index (χ4v) is 1.90. The van der Waals surface area contributed by atoms with E-state index in [0.717, 1.165) is 22.0 Å². The lowest BCUT2D eigenvalue weighted by molar-refractivity contribution is 0.888. The second-order valence-electron chi connectivity index (χ2n) is 3.68. The van der Waals surface area contributed by atoms with Gasteiger partial charge in [-0.15, -0.1) is 0 Å². The maximum Gasteiger partial charge on any atom is 0.133 e. The van der Waals surface area contributed by atoms with Crippen LogP contribution in [0.5, 0.6) is 0 Å². The molecule has 1 heterocycles. The maximum atomic E-state index is 5.85. The highest BCUT2D eigenvalue weighted by Crippen LogP contribution is 2.16. The Kier molecular flexibility index (Phi) is 3.97. The molecule has 0 spiro atoms. The molecule has 0 saturated carbocycles. The normalized spacial score (nSPS) is 10.3. The van der Waals surface area contributed by atoms with E-state index in [0.29, 0.717) is 0 Å². The molecule has 17 heavy (non-hydrogen) atoms. The number of halogens is 2. The van der Waals surface area contributed by atoms with Crippen LogP contribution in [0, 0.1) is 0 Å². The molecule has 0 amide bonds. The van der Waals surface area contributed by atoms with Gasteiger partial charge in [-0.1, -0.05) is 23.7 Å². The minimum absolute atomic E-state index is 0.751. The Bertz CT molecular complexity index is 501. The smallest absolute Gasteiger partial charge is 0.133 e. The van der Waals surface area contributed by atoms with Crippen LogP contribution in [0.15, 0.2) is 41.3 Å². The molecule has 0 atom stereocenters. The first-order valence-corrected chi connectivity index (χ1v) is 6.25. The molecule has 0 saturated heterocycles. The van der Waals surface area contributed by atoms with Crippen LogP contribution in [0.4, 0.5) is 5.82 Å². The van der Waals surface area contributed by atoms with Crippen LogP contribution in [-0.4, -0.2) is 17.0 Å². The molecule has 88 valence electrons. The molecule has 2 rings (SSSR count). The molecule has 0 aliphatic heterocycles. The lowest BCUT2D eigenvalue weighted by Gasteiger charge is -2.18. The first-order chi connectivity index (χ1) is 8.15. The van der Waals surface area contributed by atoms with Crippen molar-refractivity contribution in [1.82, 2.24) is 9.97 Å². The summed E-state index contributed by atoms with van der Waals surface area (Å²) < 4.78 is 0.783. The minimum atomic E-state index is 0.751. The van der Waals surface area contributed by atoms with E-state index < -0.39 is 0 Å². The van der Waals surface area contributed by atoms with E-state index in [1.165, 1.54) is 11.9 Å². The molecular weight excluding hydrogens is 302 g/mol. The zero-order valence-corrected chi connectivity index (χ0v) is 11.6. The van der Waals surface area contributed by atoms with E-state index in [1.54, 1.807) is 0 Å². The largest absolute Gasteiger partial charge is 0.355 e. The summed E-state index contributed by atoms with van der Waals surface area (Å²) in [6.07, 6.45) is 1.54. The summed E-state index contributed by atoms with van der Waals surface area (Å²) in [5, 5.41) is 0.751. The van der Waals surface area contributed by atoms with Gasteiger partial charge in [0, 0.05) is 24.7 Å². The van der Waals surface area contributed by atoms with Crippen molar-refractivity contribution in [3.05, 3.63) is 51.8 Å². The average Bonchev–Trinajstić information content (AvgIpc) is 2.32. The van der Waals surface area contributed by atoms with Gasteiger partial charge in [0.1, 0.15) is 16.7 Å². The number of aromatic nitrogens is 2. The molecule has 2 aromatic rings. The van der Waals surface area contributed by atoms with Crippen LogP contribution in [0.3, 0.4) is 0 Å². The zero-order chi connectivity index (χ0) is 12.3. The van der Waals surface area contributed by atoms with Crippen LogP contribution < -0.4 is 4.90 Å². The van der Waals surface area contributed by atoms with Crippen molar-refractivity contribution in [2.24, 2.45) is 0 Å². The van der Waals surface area contributed by atoms with Crippen LogP contribution in [0.1, 0.15) is 5.56 Å². The monoisotopic (exact) mass is 311 g/mol. The molecule has 0 aliphatic carbocycles. The fourth-order valence-electron chi connectivity index (χ4n) is 1.48. The van der Waals surface area contributed by atoms with Crippen LogP contribution in [-0.2, 0) is 6.54 Å². The van der Waals surface area contributed by atoms with E-state index in [9.17, 15) is 0 Å². The Morgan fingerprint density at radius 2 is 1.94 bits per heavy atom. The summed E-state index contributed by atoms with van der Waals surface area (Å²) in [5.74, 6) is 0.877. The molecule has 3 nitrogen and oxygen atoms in total. The van der Waals surface area contributed by atoms with Gasteiger partial charge in [-0.3, -0.25) is 0 Å². The van der Waals surface area contributed by atoms with Crippen LogP contribution in [0.25, 0.3) is 0 Å². The van der Waals surface area contributed by atoms with Crippen molar-refractivity contribution in [3.8, 4) is 0 Å². The second-order valence-corrected chi connectivity index (χ2v) is 4.93. The third-order valence-electron chi connectivity index (χ3n) is 2.34. The molecule has 0 fully saturated rings. The van der Waals surface area contributed by atoms with Crippen LogP contribution in [0.2, 0.25) is 5.02 Å². The summed E-state index contributed by atoms with van der Waals surface area (Å²) in [5.41, 5.74) is 1.19. The number of hydrogen-bond donors (Lipinski definition) is 0. The lowest BCUT2D eigenvalue weighted by atomic mass is 10.2. The Morgan fingerprint density at radius 3 is 2.59 bits per heavy atom. The minimum Gasteiger partial charge on any atom is -0.355 e. The number of nitrogens with zero attached hydrogens (tertiary/aromatic N) is 3. The number of hydrogen-bond acceptors (Lipinski definition) is 3. The molecule has 0 N–H and O–H groups in total. The molecule has 0 bridgehead atoms. The Balaban J connectivity index is 2.11. The van der Waals surface area contributed by atoms with E-state index >= 15 is 0 Å². The van der Waals surface area contributed by atoms with E-state index in [-0.39, 0.29) is 0 Å². The SMILES string of the molecule is CN(Cc1ccc(Cl)cc1)c1cc(Br)ncn1. The summed E-state index contributed by atoms with van der Waals surface area (Å²) in [6, 6.07) is 9.68. The summed E-state index contributed by atoms with van der Waals surface area (Å²) in [6.45, 7) is 0.778. The molecule has 1 aromatic carbocycles. The van der Waals surface area contributed by atoms with Crippen molar-refractivity contribution in [2.45, 2.75) is 6.54 Å². The standard InChI is InChI=1S/C12H11BrClN3/c1-17(12-6-11(13)15-8-16-12)7-9-2-4-10(14)5-3-9/h2-6,8H,7H2,1H3. The number of benzene rings is 1. The highest BCUT2D eigenvalue weighted by atomic mass is 79.9. The first kappa shape index (κ1) is 12.3. The molecule has 5 heteroatoms. The van der Waals surface area contributed by atoms with E-state index in [2.05, 4.69) is 30.8 Å². The molecule has 1 aromatic heterocycles. The van der Waals surface area contributed by atoms with Gasteiger partial charge in [-0.2, -0.15) is 0 Å². The first-order valence-electron chi connectivity index (χ1n) is 5.08. The zero-order valence-electron chi connectivity index (χ0n) is 9.27. The van der Waals surface area contributed by atoms with Gasteiger partial charge in [-0.25, -0.2) is 9.97 Å². The van der Waals surface area contributed by atoms with Gasteiger partial charge in [-0.05, 0) is 33.6 Å². The Morgan fingerprint density at radius 1 is 1.24 bits per heavy atom. The topological polar surface area (TPSA) is 29.0 Å². The molecule has 0 unspecified atom stereocenters. The summed E-state index contributed by atoms with van der Waals surface area (Å²) >= 11 is 9.18. The highest BCUT2D eigenvalue weighted by Gasteiger charge is 2.04. The van der Waals surface area contributed by atoms with Crippen molar-refractivity contribution in [3.63, 3.8) is 0 Å². The fraction of sp³-hybridized carbons (Fsp3) is 0.167. The van der Waals surface area contributed by atoms with Crippen LogP contribution >= 0.6 is 27.5 Å². The van der Waals surface area contributed by atoms with Gasteiger partial charge in [0.05, 0.1) is 0 Å². The summed E-state index contributed by atoms with van der Waals surface area (Å²) in [7, 11) is 1.99. The Hall–Kier alpha value is -1.13. The van der Waals surface area contributed by atoms with Crippen molar-refractivity contribution in [2.75, 3.05) is 11.9 Å². The third kappa shape index (κ3) is 3.41. The van der Waals surface area contributed by atoms with Crippen molar-refractivity contribution in [1.29, 1.82) is 0 Å². The van der Waals surface area contributed by atoms with Gasteiger partial charge >= 0.3 is 0 Å². The van der Waals surface area contributed by atoms with E-state index in [1.807, 2.05) is 37.4 Å². The van der Waals surface area contributed by atoms with Gasteiger partial charge in [0.15, 0.2) is 0 Å². The predicted molar refractivity (Wildman–Crippen MR) is 73.3 cm³/mol. The molecule has 0 aliphatic rings. The van der Waals surface area contributed by atoms with Gasteiger partial charge in [0.2, 0.25) is 0 Å². The second kappa shape index (κ2) is 5.47. The number of anilines is 1. The van der Waals surface area contributed by atoms with Gasteiger partial charge < -0.3 is 4.90 Å². The maximum absolute atomic E-state index is 5.85. The summed E-state index contributed by atoms with van der Waals surface area (Å²) in [4.78, 5) is 10.3. The quantitative estimate of drug-likeness (QED) is 0.812. The number of rotatable bonds is 3. The van der Waals surface area contributed by atoms with Crippen molar-refractivity contribution >= 4 is 33.3 Å². The average molecular weight is 313 g/mol. The van der Waals surface area contributed by atoms with Gasteiger partial charge in [0.25, 0.3) is 0 Å². The molecule has 0 radical (unpaired) electrons. The Labute approximate surface area is 114 Å². The lowest BCUT2D eigenvalue weighted by Crippen LogP contribution is -2.17. The van der Waals surface area contributed by atoms with E-state index in [4.69, 9.17) is 11.6 Å². The predicted octanol–water partition coefficient (Wildman–Crippen LogP) is 3.53. The van der Waals surface area contributed by atoms with Crippen molar-refractivity contribution < 1.29 is 0 Å².